The van der Waals surface area contributed by atoms with Crippen LogP contribution in [0.5, 0.6) is 0 Å². The van der Waals surface area contributed by atoms with Crippen molar-refractivity contribution in [3.8, 4) is 0 Å². The molecule has 0 aromatic heterocycles. The first-order valence-corrected chi connectivity index (χ1v) is 18.5. The van der Waals surface area contributed by atoms with Crippen molar-refractivity contribution in [1.82, 2.24) is 4.90 Å². The van der Waals surface area contributed by atoms with Gasteiger partial charge < -0.3 is 33.0 Å². The third-order valence-electron chi connectivity index (χ3n) is 9.88. The number of hydrogen-bond acceptors (Lipinski definition) is 8. The Bertz CT molecular complexity index is 929. The average Bonchev–Trinajstić information content (AvgIpc) is 3.56. The van der Waals surface area contributed by atoms with Gasteiger partial charge in [0, 0.05) is 39.7 Å². The molecule has 4 atom stereocenters. The Hall–Kier alpha value is -0.493. The molecule has 3 rings (SSSR count). The Morgan fingerprint density at radius 3 is 2.10 bits per heavy atom. The largest absolute Gasteiger partial charge is 0.469 e. The van der Waals surface area contributed by atoms with Crippen LogP contribution in [0.2, 0.25) is 16.6 Å². The average molecular weight is 663 g/mol. The SMILES string of the molecule is CCOC(C[C@@]12C[C@H](C(=O)OC)[C@@](O[Si](C(C)C)(C(C)C)C(C)C)(O1)C(Br)=C2N1CCC[C@H]1C(C)(C)OC)OCC. The Labute approximate surface area is 258 Å². The number of halogens is 1. The summed E-state index contributed by atoms with van der Waals surface area (Å²) in [5, 5.41) is 0. The van der Waals surface area contributed by atoms with Gasteiger partial charge in [-0.1, -0.05) is 41.5 Å². The Morgan fingerprint density at radius 1 is 1.07 bits per heavy atom. The molecule has 8 nitrogen and oxygen atoms in total. The van der Waals surface area contributed by atoms with Gasteiger partial charge in [-0.3, -0.25) is 4.79 Å². The third-order valence-corrected chi connectivity index (χ3v) is 16.9. The molecule has 2 saturated heterocycles. The molecule has 0 amide bonds. The van der Waals surface area contributed by atoms with Crippen LogP contribution in [0, 0.1) is 5.92 Å². The van der Waals surface area contributed by atoms with Crippen molar-refractivity contribution < 1.29 is 32.9 Å². The number of methoxy groups -OCH3 is 2. The van der Waals surface area contributed by atoms with Crippen molar-refractivity contribution in [2.24, 2.45) is 5.92 Å². The van der Waals surface area contributed by atoms with Crippen molar-refractivity contribution >= 4 is 30.2 Å². The van der Waals surface area contributed by atoms with Crippen molar-refractivity contribution in [2.45, 2.75) is 141 Å². The topological polar surface area (TPSA) is 75.7 Å². The second-order valence-electron chi connectivity index (χ2n) is 13.3. The Morgan fingerprint density at radius 2 is 1.63 bits per heavy atom. The summed E-state index contributed by atoms with van der Waals surface area (Å²) in [4.78, 5) is 16.1. The standard InChI is InChI=1S/C31H56BrNO7Si/c1-13-37-25(38-14-2)19-30-18-23(28(34)35-11)31(39-30,40-41(20(3)4,21(5)6)22(7)8)26(32)27(30)33-17-15-16-24(33)29(9,10)36-12/h20-25H,13-19H2,1-12H3/t23-,24+,30-,31+/m1/s1. The molecule has 41 heavy (non-hydrogen) atoms. The first-order valence-electron chi connectivity index (χ1n) is 15.6. The number of likely N-dealkylation sites (tertiary alicyclic amines) is 1. The summed E-state index contributed by atoms with van der Waals surface area (Å²) in [6.07, 6.45) is 2.41. The molecule has 238 valence electrons. The Balaban J connectivity index is 2.31. The summed E-state index contributed by atoms with van der Waals surface area (Å²) in [5.41, 5.74) is 0.665. The number of carbonyl (C=O) groups is 1. The smallest absolute Gasteiger partial charge is 0.314 e. The summed E-state index contributed by atoms with van der Waals surface area (Å²) < 4.78 is 39.3. The van der Waals surface area contributed by atoms with Crippen LogP contribution in [0.25, 0.3) is 0 Å². The summed E-state index contributed by atoms with van der Waals surface area (Å²) in [5.74, 6) is -2.24. The van der Waals surface area contributed by atoms with Gasteiger partial charge in [-0.15, -0.1) is 0 Å². The lowest BCUT2D eigenvalue weighted by Crippen LogP contribution is -2.57. The van der Waals surface area contributed by atoms with E-state index in [0.717, 1.165) is 29.6 Å². The van der Waals surface area contributed by atoms with Crippen molar-refractivity contribution in [3.05, 3.63) is 10.2 Å². The number of rotatable bonds is 15. The number of nitrogens with zero attached hydrogens (tertiary/aromatic N) is 1. The molecule has 2 fully saturated rings. The second kappa shape index (κ2) is 13.2. The maximum Gasteiger partial charge on any atom is 0.314 e. The molecular formula is C31H56BrNO7Si. The fourth-order valence-electron chi connectivity index (χ4n) is 8.02. The van der Waals surface area contributed by atoms with E-state index in [4.69, 9.17) is 28.1 Å². The van der Waals surface area contributed by atoms with Crippen LogP contribution in [0.1, 0.15) is 94.9 Å². The predicted octanol–water partition coefficient (Wildman–Crippen LogP) is 7.12. The van der Waals surface area contributed by atoms with Gasteiger partial charge in [0.2, 0.25) is 14.1 Å². The first-order chi connectivity index (χ1) is 19.1. The molecule has 2 bridgehead atoms. The molecule has 3 aliphatic heterocycles. The van der Waals surface area contributed by atoms with Crippen LogP contribution in [-0.2, 0) is 32.9 Å². The highest BCUT2D eigenvalue weighted by molar-refractivity contribution is 9.11. The molecule has 0 aromatic carbocycles. The molecule has 3 aliphatic rings. The van der Waals surface area contributed by atoms with E-state index in [1.807, 2.05) is 13.8 Å². The van der Waals surface area contributed by atoms with Gasteiger partial charge in [-0.05, 0) is 73.1 Å². The highest BCUT2D eigenvalue weighted by atomic mass is 79.9. The van der Waals surface area contributed by atoms with E-state index in [1.54, 1.807) is 7.11 Å². The van der Waals surface area contributed by atoms with E-state index in [1.165, 1.54) is 7.11 Å². The highest BCUT2D eigenvalue weighted by Crippen LogP contribution is 2.65. The van der Waals surface area contributed by atoms with Gasteiger partial charge in [0.25, 0.3) is 0 Å². The van der Waals surface area contributed by atoms with E-state index in [-0.39, 0.29) is 17.6 Å². The maximum absolute atomic E-state index is 13.6. The summed E-state index contributed by atoms with van der Waals surface area (Å²) in [7, 11) is 0.690. The zero-order valence-electron chi connectivity index (χ0n) is 27.6. The van der Waals surface area contributed by atoms with Gasteiger partial charge in [-0.2, -0.15) is 0 Å². The van der Waals surface area contributed by atoms with Crippen LogP contribution >= 0.6 is 15.9 Å². The molecule has 0 N–H and O–H groups in total. The minimum absolute atomic E-state index is 0.128. The van der Waals surface area contributed by atoms with E-state index >= 15 is 0 Å². The zero-order chi connectivity index (χ0) is 31.0. The normalized spacial score (nSPS) is 28.9. The van der Waals surface area contributed by atoms with Crippen LogP contribution in [0.4, 0.5) is 0 Å². The van der Waals surface area contributed by atoms with Gasteiger partial charge in [-0.25, -0.2) is 0 Å². The van der Waals surface area contributed by atoms with Crippen molar-refractivity contribution in [2.75, 3.05) is 34.0 Å². The van der Waals surface area contributed by atoms with E-state index in [9.17, 15) is 4.79 Å². The lowest BCUT2D eigenvalue weighted by atomic mass is 9.79. The molecule has 0 saturated carbocycles. The zero-order valence-corrected chi connectivity index (χ0v) is 30.2. The van der Waals surface area contributed by atoms with Gasteiger partial charge in [0.1, 0.15) is 11.5 Å². The number of esters is 1. The van der Waals surface area contributed by atoms with Crippen LogP contribution in [-0.4, -0.2) is 82.5 Å². The lowest BCUT2D eigenvalue weighted by molar-refractivity contribution is -0.210. The molecule has 0 aliphatic carbocycles. The number of fused-ring (bicyclic) bond motifs is 2. The van der Waals surface area contributed by atoms with Gasteiger partial charge in [0.05, 0.1) is 28.9 Å². The van der Waals surface area contributed by atoms with E-state index in [0.29, 0.717) is 42.7 Å². The first kappa shape index (κ1) is 35.0. The molecule has 3 heterocycles. The lowest BCUT2D eigenvalue weighted by Gasteiger charge is -2.48. The van der Waals surface area contributed by atoms with Crippen LogP contribution in [0.3, 0.4) is 0 Å². The fourth-order valence-corrected chi connectivity index (χ4v) is 14.7. The predicted molar refractivity (Wildman–Crippen MR) is 167 cm³/mol. The molecule has 0 aromatic rings. The molecule has 10 heteroatoms. The second-order valence-corrected chi connectivity index (χ2v) is 19.5. The molecule has 0 spiro atoms. The highest BCUT2D eigenvalue weighted by Gasteiger charge is 2.73. The monoisotopic (exact) mass is 661 g/mol. The van der Waals surface area contributed by atoms with Crippen LogP contribution < -0.4 is 0 Å². The quantitative estimate of drug-likeness (QED) is 0.104. The van der Waals surface area contributed by atoms with E-state index < -0.39 is 31.9 Å². The molecule has 0 radical (unpaired) electrons. The van der Waals surface area contributed by atoms with E-state index in [2.05, 4.69) is 76.2 Å². The fraction of sp³-hybridized carbons (Fsp3) is 0.903. The minimum atomic E-state index is -2.54. The number of hydrogen-bond donors (Lipinski definition) is 0. The molecular weight excluding hydrogens is 606 g/mol. The minimum Gasteiger partial charge on any atom is -0.469 e. The molecule has 0 unspecified atom stereocenters. The summed E-state index contributed by atoms with van der Waals surface area (Å²) >= 11 is 4.07. The summed E-state index contributed by atoms with van der Waals surface area (Å²) in [6.45, 7) is 23.6. The van der Waals surface area contributed by atoms with Gasteiger partial charge >= 0.3 is 5.97 Å². The maximum atomic E-state index is 13.6. The number of carbonyl (C=O) groups excluding carboxylic acids is 1. The summed E-state index contributed by atoms with van der Waals surface area (Å²) in [6, 6.07) is 0.128. The third kappa shape index (κ3) is 5.97. The number of ether oxygens (including phenoxy) is 5. The van der Waals surface area contributed by atoms with Gasteiger partial charge in [0.15, 0.2) is 6.29 Å². The van der Waals surface area contributed by atoms with Crippen molar-refractivity contribution in [3.63, 3.8) is 0 Å². The van der Waals surface area contributed by atoms with Crippen molar-refractivity contribution in [1.29, 1.82) is 0 Å². The van der Waals surface area contributed by atoms with Crippen LogP contribution in [0.15, 0.2) is 10.2 Å². The Kier molecular flexibility index (Phi) is 11.3.